The Bertz CT molecular complexity index is 474. The number of nitrogens with one attached hydrogen (secondary N) is 1. The fourth-order valence-electron chi connectivity index (χ4n) is 2.17. The third-order valence-electron chi connectivity index (χ3n) is 3.02. The number of hydrogen-bond acceptors (Lipinski definition) is 5. The van der Waals surface area contributed by atoms with Crippen molar-refractivity contribution in [2.75, 3.05) is 18.0 Å². The summed E-state index contributed by atoms with van der Waals surface area (Å²) >= 11 is 0. The molecule has 6 nitrogen and oxygen atoms in total. The Morgan fingerprint density at radius 3 is 2.89 bits per heavy atom. The van der Waals surface area contributed by atoms with Crippen LogP contribution in [0.15, 0.2) is 12.3 Å². The number of nitriles is 1. The minimum absolute atomic E-state index is 0.00525. The number of amides is 1. The van der Waals surface area contributed by atoms with Gasteiger partial charge in [-0.05, 0) is 18.9 Å². The number of aromatic nitrogens is 2. The van der Waals surface area contributed by atoms with Crippen molar-refractivity contribution in [1.82, 2.24) is 15.5 Å². The molecule has 0 atom stereocenters. The second-order valence-corrected chi connectivity index (χ2v) is 4.34. The average molecular weight is 245 g/mol. The minimum Gasteiger partial charge on any atom is -0.354 e. The minimum atomic E-state index is 0.00525. The van der Waals surface area contributed by atoms with Gasteiger partial charge in [-0.15, -0.1) is 5.10 Å². The molecule has 2 heterocycles. The molecule has 0 bridgehead atoms. The van der Waals surface area contributed by atoms with E-state index in [1.807, 2.05) is 4.90 Å². The summed E-state index contributed by atoms with van der Waals surface area (Å²) in [5, 5.41) is 19.8. The van der Waals surface area contributed by atoms with Crippen molar-refractivity contribution in [1.29, 1.82) is 5.26 Å². The van der Waals surface area contributed by atoms with Crippen LogP contribution in [0.5, 0.6) is 0 Å². The van der Waals surface area contributed by atoms with E-state index in [2.05, 4.69) is 21.6 Å². The molecule has 0 unspecified atom stereocenters. The van der Waals surface area contributed by atoms with E-state index in [0.717, 1.165) is 25.9 Å². The molecule has 1 aromatic heterocycles. The zero-order chi connectivity index (χ0) is 13.0. The van der Waals surface area contributed by atoms with Crippen molar-refractivity contribution in [3.05, 3.63) is 17.8 Å². The summed E-state index contributed by atoms with van der Waals surface area (Å²) in [6, 6.07) is 4.01. The summed E-state index contributed by atoms with van der Waals surface area (Å²) in [6.07, 6.45) is 3.24. The Hall–Kier alpha value is -2.16. The summed E-state index contributed by atoms with van der Waals surface area (Å²) in [6.45, 7) is 3.08. The molecule has 6 heteroatoms. The molecule has 0 radical (unpaired) electrons. The molecule has 1 saturated heterocycles. The fourth-order valence-corrected chi connectivity index (χ4v) is 2.17. The van der Waals surface area contributed by atoms with E-state index in [0.29, 0.717) is 11.4 Å². The van der Waals surface area contributed by atoms with Crippen molar-refractivity contribution >= 4 is 11.7 Å². The Morgan fingerprint density at radius 1 is 1.56 bits per heavy atom. The van der Waals surface area contributed by atoms with Crippen LogP contribution >= 0.6 is 0 Å². The van der Waals surface area contributed by atoms with Gasteiger partial charge in [0.1, 0.15) is 6.07 Å². The van der Waals surface area contributed by atoms with Crippen LogP contribution in [-0.4, -0.2) is 35.2 Å². The third kappa shape index (κ3) is 2.74. The van der Waals surface area contributed by atoms with E-state index in [1.54, 1.807) is 6.07 Å². The van der Waals surface area contributed by atoms with Gasteiger partial charge in [-0.25, -0.2) is 0 Å². The highest BCUT2D eigenvalue weighted by atomic mass is 16.1. The molecular weight excluding hydrogens is 230 g/mol. The molecule has 0 saturated carbocycles. The zero-order valence-electron chi connectivity index (χ0n) is 10.3. The summed E-state index contributed by atoms with van der Waals surface area (Å²) in [5.41, 5.74) is 0.544. The van der Waals surface area contributed by atoms with Crippen molar-refractivity contribution in [3.63, 3.8) is 0 Å². The molecular formula is C12H15N5O. The van der Waals surface area contributed by atoms with E-state index in [-0.39, 0.29) is 11.9 Å². The van der Waals surface area contributed by atoms with E-state index in [9.17, 15) is 4.79 Å². The zero-order valence-corrected chi connectivity index (χ0v) is 10.3. The van der Waals surface area contributed by atoms with Crippen molar-refractivity contribution < 1.29 is 4.79 Å². The highest BCUT2D eigenvalue weighted by Gasteiger charge is 2.22. The molecule has 94 valence electrons. The van der Waals surface area contributed by atoms with Crippen LogP contribution in [0.25, 0.3) is 0 Å². The number of anilines is 1. The van der Waals surface area contributed by atoms with Crippen LogP contribution < -0.4 is 10.2 Å². The Balaban J connectivity index is 2.01. The van der Waals surface area contributed by atoms with Gasteiger partial charge < -0.3 is 10.2 Å². The van der Waals surface area contributed by atoms with Gasteiger partial charge in [-0.2, -0.15) is 10.4 Å². The molecule has 1 aliphatic heterocycles. The molecule has 0 aliphatic carbocycles. The summed E-state index contributed by atoms with van der Waals surface area (Å²) in [5.74, 6) is 0.645. The smallest absolute Gasteiger partial charge is 0.217 e. The van der Waals surface area contributed by atoms with Crippen LogP contribution in [-0.2, 0) is 4.79 Å². The van der Waals surface area contributed by atoms with E-state index >= 15 is 0 Å². The Kier molecular flexibility index (Phi) is 3.72. The highest BCUT2D eigenvalue weighted by Crippen LogP contribution is 2.20. The lowest BCUT2D eigenvalue weighted by molar-refractivity contribution is -0.119. The number of carbonyl (C=O) groups excluding carboxylic acids is 1. The summed E-state index contributed by atoms with van der Waals surface area (Å²) in [7, 11) is 0. The number of piperidine rings is 1. The van der Waals surface area contributed by atoms with Crippen LogP contribution in [0.2, 0.25) is 0 Å². The lowest BCUT2D eigenvalue weighted by Gasteiger charge is -2.32. The average Bonchev–Trinajstić information content (AvgIpc) is 2.39. The quantitative estimate of drug-likeness (QED) is 0.818. The molecule has 1 aromatic rings. The van der Waals surface area contributed by atoms with Gasteiger partial charge in [0.05, 0.1) is 11.8 Å². The van der Waals surface area contributed by atoms with Gasteiger partial charge in [-0.3, -0.25) is 4.79 Å². The first-order chi connectivity index (χ1) is 8.70. The topological polar surface area (TPSA) is 81.9 Å². The highest BCUT2D eigenvalue weighted by molar-refractivity contribution is 5.73. The van der Waals surface area contributed by atoms with Gasteiger partial charge in [0.25, 0.3) is 0 Å². The van der Waals surface area contributed by atoms with E-state index in [4.69, 9.17) is 5.26 Å². The molecule has 1 aliphatic rings. The van der Waals surface area contributed by atoms with E-state index < -0.39 is 0 Å². The van der Waals surface area contributed by atoms with Crippen LogP contribution in [0.1, 0.15) is 25.3 Å². The maximum absolute atomic E-state index is 11.0. The molecule has 0 aromatic carbocycles. The fraction of sp³-hybridized carbons (Fsp3) is 0.500. The van der Waals surface area contributed by atoms with Gasteiger partial charge >= 0.3 is 0 Å². The normalized spacial score (nSPS) is 16.1. The molecule has 2 rings (SSSR count). The number of nitrogens with zero attached hydrogens (tertiary/aromatic N) is 4. The maximum Gasteiger partial charge on any atom is 0.217 e. The molecule has 1 N–H and O–H groups in total. The van der Waals surface area contributed by atoms with Crippen molar-refractivity contribution in [2.45, 2.75) is 25.8 Å². The van der Waals surface area contributed by atoms with E-state index in [1.165, 1.54) is 13.1 Å². The predicted octanol–water partition coefficient (Wildman–Crippen LogP) is 0.453. The third-order valence-corrected chi connectivity index (χ3v) is 3.02. The molecule has 1 amide bonds. The SMILES string of the molecule is CC(=O)NC1CCN(c2nnccc2C#N)CC1. The summed E-state index contributed by atoms with van der Waals surface area (Å²) in [4.78, 5) is 13.0. The Labute approximate surface area is 106 Å². The van der Waals surface area contributed by atoms with Crippen LogP contribution in [0.3, 0.4) is 0 Å². The molecule has 1 fully saturated rings. The lowest BCUT2D eigenvalue weighted by atomic mass is 10.0. The first kappa shape index (κ1) is 12.3. The van der Waals surface area contributed by atoms with Crippen LogP contribution in [0.4, 0.5) is 5.82 Å². The number of carbonyl (C=O) groups is 1. The van der Waals surface area contributed by atoms with Gasteiger partial charge in [0.2, 0.25) is 5.91 Å². The first-order valence-corrected chi connectivity index (χ1v) is 5.94. The molecule has 0 spiro atoms. The van der Waals surface area contributed by atoms with Gasteiger partial charge in [-0.1, -0.05) is 0 Å². The lowest BCUT2D eigenvalue weighted by Crippen LogP contribution is -2.44. The van der Waals surface area contributed by atoms with Gasteiger partial charge in [0.15, 0.2) is 5.82 Å². The van der Waals surface area contributed by atoms with Gasteiger partial charge in [0, 0.05) is 26.1 Å². The maximum atomic E-state index is 11.0. The second kappa shape index (κ2) is 5.45. The van der Waals surface area contributed by atoms with Crippen molar-refractivity contribution in [2.24, 2.45) is 0 Å². The Morgan fingerprint density at radius 2 is 2.28 bits per heavy atom. The number of hydrogen-bond donors (Lipinski definition) is 1. The summed E-state index contributed by atoms with van der Waals surface area (Å²) < 4.78 is 0. The predicted molar refractivity (Wildman–Crippen MR) is 65.8 cm³/mol. The van der Waals surface area contributed by atoms with Crippen LogP contribution in [0, 0.1) is 11.3 Å². The molecule has 18 heavy (non-hydrogen) atoms. The van der Waals surface area contributed by atoms with Crippen molar-refractivity contribution in [3.8, 4) is 6.07 Å². The number of rotatable bonds is 2. The monoisotopic (exact) mass is 245 g/mol. The first-order valence-electron chi connectivity index (χ1n) is 5.94. The largest absolute Gasteiger partial charge is 0.354 e. The standard InChI is InChI=1S/C12H15N5O/c1-9(18)15-11-3-6-17(7-4-11)12-10(8-13)2-5-14-16-12/h2,5,11H,3-4,6-7H2,1H3,(H,15,18). The second-order valence-electron chi connectivity index (χ2n) is 4.34.